The second-order valence-electron chi connectivity index (χ2n) is 7.54. The summed E-state index contributed by atoms with van der Waals surface area (Å²) in [7, 11) is -2.48. The molecule has 1 aliphatic rings. The van der Waals surface area contributed by atoms with Gasteiger partial charge in [-0.25, -0.2) is 12.8 Å². The van der Waals surface area contributed by atoms with Crippen LogP contribution in [-0.4, -0.2) is 40.7 Å². The monoisotopic (exact) mass is 503 g/mol. The van der Waals surface area contributed by atoms with E-state index < -0.39 is 33.3 Å². The van der Waals surface area contributed by atoms with Crippen LogP contribution in [0.15, 0.2) is 33.7 Å². The molecule has 2 aromatic rings. The van der Waals surface area contributed by atoms with Crippen LogP contribution in [0.3, 0.4) is 0 Å². The summed E-state index contributed by atoms with van der Waals surface area (Å²) in [4.78, 5) is 12.4. The van der Waals surface area contributed by atoms with E-state index in [0.717, 1.165) is 0 Å². The minimum Gasteiger partial charge on any atom is -0.394 e. The van der Waals surface area contributed by atoms with Gasteiger partial charge in [0.25, 0.3) is 5.56 Å². The molecule has 1 aromatic carbocycles. The lowest BCUT2D eigenvalue weighted by Crippen LogP contribution is -2.35. The minimum absolute atomic E-state index is 0.0758. The number of aliphatic hydroxyl groups is 2. The molecule has 1 aromatic heterocycles. The van der Waals surface area contributed by atoms with Gasteiger partial charge in [-0.15, -0.1) is 0 Å². The second-order valence-corrected chi connectivity index (χ2v) is 10.5. The van der Waals surface area contributed by atoms with Crippen molar-refractivity contribution in [2.45, 2.75) is 37.0 Å². The van der Waals surface area contributed by atoms with Gasteiger partial charge in [-0.05, 0) is 44.4 Å². The largest absolute Gasteiger partial charge is 0.394 e. The van der Waals surface area contributed by atoms with Crippen molar-refractivity contribution in [2.24, 2.45) is 7.05 Å². The molecule has 0 spiro atoms. The number of nitrogens with one attached hydrogen (secondary N) is 2. The van der Waals surface area contributed by atoms with Crippen molar-refractivity contribution in [3.63, 3.8) is 0 Å². The van der Waals surface area contributed by atoms with Gasteiger partial charge in [0.1, 0.15) is 5.82 Å². The molecule has 1 heterocycles. The van der Waals surface area contributed by atoms with E-state index in [4.69, 9.17) is 5.11 Å². The lowest BCUT2D eigenvalue weighted by molar-refractivity contribution is 0.0858. The topological polar surface area (TPSA) is 121 Å². The lowest BCUT2D eigenvalue weighted by Gasteiger charge is -2.23. The Morgan fingerprint density at radius 2 is 2.00 bits per heavy atom. The van der Waals surface area contributed by atoms with Gasteiger partial charge in [-0.1, -0.05) is 15.9 Å². The zero-order valence-electron chi connectivity index (χ0n) is 16.4. The summed E-state index contributed by atoms with van der Waals surface area (Å²) in [6.45, 7) is 0.980. The number of hydrogen-bond donors (Lipinski definition) is 4. The molecule has 0 aliphatic heterocycles. The molecule has 0 saturated heterocycles. The number of anilines is 3. The van der Waals surface area contributed by atoms with E-state index in [-0.39, 0.29) is 34.6 Å². The van der Waals surface area contributed by atoms with Crippen molar-refractivity contribution in [2.75, 3.05) is 16.6 Å². The first-order valence-electron chi connectivity index (χ1n) is 9.23. The summed E-state index contributed by atoms with van der Waals surface area (Å²) in [5, 5.41) is 21.7. The number of hydrogen-bond acceptors (Lipinski definition) is 6. The summed E-state index contributed by atoms with van der Waals surface area (Å²) >= 11 is 3.17. The Kier molecular flexibility index (Phi) is 6.28. The van der Waals surface area contributed by atoms with E-state index in [2.05, 4.69) is 26.0 Å². The molecule has 0 unspecified atom stereocenters. The third-order valence-electron chi connectivity index (χ3n) is 5.24. The van der Waals surface area contributed by atoms with Crippen LogP contribution in [0.1, 0.15) is 24.8 Å². The second kappa shape index (κ2) is 8.29. The summed E-state index contributed by atoms with van der Waals surface area (Å²) in [6.07, 6.45) is 0.751. The molecule has 1 fully saturated rings. The van der Waals surface area contributed by atoms with Crippen LogP contribution >= 0.6 is 15.9 Å². The Balaban J connectivity index is 2.01. The van der Waals surface area contributed by atoms with E-state index in [0.29, 0.717) is 17.3 Å². The molecule has 1 aliphatic carbocycles. The Morgan fingerprint density at radius 3 is 2.57 bits per heavy atom. The zero-order valence-corrected chi connectivity index (χ0v) is 18.8. The van der Waals surface area contributed by atoms with E-state index in [1.54, 1.807) is 6.07 Å². The van der Waals surface area contributed by atoms with Crippen molar-refractivity contribution in [1.82, 2.24) is 4.57 Å². The summed E-state index contributed by atoms with van der Waals surface area (Å²) in [5.41, 5.74) is 0.144. The molecule has 1 saturated carbocycles. The van der Waals surface area contributed by atoms with E-state index in [1.807, 2.05) is 0 Å². The molecule has 4 N–H and O–H groups in total. The van der Waals surface area contributed by atoms with Gasteiger partial charge >= 0.3 is 0 Å². The predicted octanol–water partition coefficient (Wildman–Crippen LogP) is 2.36. The Hall–Kier alpha value is -1.95. The van der Waals surface area contributed by atoms with E-state index >= 15 is 0 Å². The number of aryl methyl sites for hydroxylation is 1. The fourth-order valence-corrected chi connectivity index (χ4v) is 5.37. The number of rotatable bonds is 8. The van der Waals surface area contributed by atoms with Gasteiger partial charge in [-0.2, -0.15) is 0 Å². The minimum atomic E-state index is -3.96. The van der Waals surface area contributed by atoms with Crippen molar-refractivity contribution < 1.29 is 23.0 Å². The number of aromatic nitrogens is 1. The van der Waals surface area contributed by atoms with E-state index in [9.17, 15) is 22.7 Å². The van der Waals surface area contributed by atoms with Crippen LogP contribution < -0.4 is 15.6 Å². The number of nitrogens with zero attached hydrogens (tertiary/aromatic N) is 1. The van der Waals surface area contributed by atoms with Gasteiger partial charge in [-0.3, -0.25) is 9.52 Å². The van der Waals surface area contributed by atoms with Crippen LogP contribution in [0.4, 0.5) is 21.5 Å². The first-order valence-corrected chi connectivity index (χ1v) is 11.5. The van der Waals surface area contributed by atoms with E-state index in [1.165, 1.54) is 36.9 Å². The third-order valence-corrected chi connectivity index (χ3v) is 7.94. The molecule has 11 heteroatoms. The van der Waals surface area contributed by atoms with Crippen molar-refractivity contribution in [3.05, 3.63) is 50.6 Å². The maximum atomic E-state index is 14.3. The smallest absolute Gasteiger partial charge is 0.255 e. The van der Waals surface area contributed by atoms with Crippen molar-refractivity contribution in [3.8, 4) is 0 Å². The normalized spacial score (nSPS) is 16.2. The van der Waals surface area contributed by atoms with Gasteiger partial charge in [0.2, 0.25) is 10.0 Å². The highest BCUT2D eigenvalue weighted by atomic mass is 79.9. The third kappa shape index (κ3) is 4.39. The summed E-state index contributed by atoms with van der Waals surface area (Å²) < 4.78 is 43.5. The highest BCUT2D eigenvalue weighted by Gasteiger charge is 2.55. The quantitative estimate of drug-likeness (QED) is 0.438. The van der Waals surface area contributed by atoms with Gasteiger partial charge in [0, 0.05) is 23.3 Å². The molecule has 30 heavy (non-hydrogen) atoms. The zero-order chi connectivity index (χ0) is 22.3. The number of pyridine rings is 1. The average molecular weight is 504 g/mol. The standard InChI is InChI=1S/C19H23BrFN3O5S/c1-11-17(22-15-4-3-12(20)7-14(15)21)16(9-24(2)18(11)27)23-30(28,29)19(5-6-19)8-13(26)10-25/h3-4,7,9,13,22-23,25-26H,5-6,8,10H2,1-2H3/t13-/m1/s1. The summed E-state index contributed by atoms with van der Waals surface area (Å²) in [6, 6.07) is 4.33. The number of halogens is 2. The SMILES string of the molecule is Cc1c(Nc2ccc(Br)cc2F)c(NS(=O)(=O)C2(C[C@@H](O)CO)CC2)cn(C)c1=O. The highest BCUT2D eigenvalue weighted by molar-refractivity contribution is 9.10. The Morgan fingerprint density at radius 1 is 1.33 bits per heavy atom. The first-order chi connectivity index (χ1) is 14.0. The van der Waals surface area contributed by atoms with Gasteiger partial charge in [0.05, 0.1) is 34.5 Å². The summed E-state index contributed by atoms with van der Waals surface area (Å²) in [5.74, 6) is -0.581. The molecular weight excluding hydrogens is 481 g/mol. The maximum Gasteiger partial charge on any atom is 0.255 e. The average Bonchev–Trinajstić information content (AvgIpc) is 3.45. The van der Waals surface area contributed by atoms with Gasteiger partial charge in [0.15, 0.2) is 0 Å². The van der Waals surface area contributed by atoms with Crippen LogP contribution in [0.2, 0.25) is 0 Å². The molecule has 3 rings (SSSR count). The molecule has 8 nitrogen and oxygen atoms in total. The van der Waals surface area contributed by atoms with Crippen LogP contribution in [0, 0.1) is 12.7 Å². The Labute approximate surface area is 181 Å². The highest BCUT2D eigenvalue weighted by Crippen LogP contribution is 2.48. The fourth-order valence-electron chi connectivity index (χ4n) is 3.32. The van der Waals surface area contributed by atoms with Crippen molar-refractivity contribution in [1.29, 1.82) is 0 Å². The number of aliphatic hydroxyl groups excluding tert-OH is 2. The molecule has 1 atom stereocenters. The van der Waals surface area contributed by atoms with Crippen LogP contribution in [-0.2, 0) is 17.1 Å². The van der Waals surface area contributed by atoms with Crippen LogP contribution in [0.5, 0.6) is 0 Å². The van der Waals surface area contributed by atoms with Crippen LogP contribution in [0.25, 0.3) is 0 Å². The molecule has 0 amide bonds. The van der Waals surface area contributed by atoms with Crippen molar-refractivity contribution >= 4 is 43.0 Å². The molecular formula is C19H23BrFN3O5S. The Bertz CT molecular complexity index is 1130. The molecule has 0 bridgehead atoms. The number of benzene rings is 1. The maximum absolute atomic E-state index is 14.3. The lowest BCUT2D eigenvalue weighted by atomic mass is 10.2. The molecule has 0 radical (unpaired) electrons. The predicted molar refractivity (Wildman–Crippen MR) is 116 cm³/mol. The number of sulfonamides is 1. The first kappa shape index (κ1) is 22.7. The van der Waals surface area contributed by atoms with Gasteiger partial charge < -0.3 is 20.1 Å². The molecule has 164 valence electrons. The fraction of sp³-hybridized carbons (Fsp3) is 0.421.